The van der Waals surface area contributed by atoms with Gasteiger partial charge >= 0.3 is 0 Å². The van der Waals surface area contributed by atoms with E-state index in [0.29, 0.717) is 30.9 Å². The molecule has 0 fully saturated rings. The fraction of sp³-hybridized carbons (Fsp3) is 0.391. The van der Waals surface area contributed by atoms with Crippen LogP contribution >= 0.6 is 0 Å². The Morgan fingerprint density at radius 2 is 2.00 bits per heavy atom. The number of benzene rings is 1. The van der Waals surface area contributed by atoms with E-state index >= 15 is 0 Å². The summed E-state index contributed by atoms with van der Waals surface area (Å²) >= 11 is 0. The highest BCUT2D eigenvalue weighted by molar-refractivity contribution is 7.89. The fourth-order valence-corrected chi connectivity index (χ4v) is 6.55. The zero-order chi connectivity index (χ0) is 23.3. The molecule has 0 saturated heterocycles. The molecule has 33 heavy (non-hydrogen) atoms. The van der Waals surface area contributed by atoms with Crippen LogP contribution in [-0.2, 0) is 41.3 Å². The summed E-state index contributed by atoms with van der Waals surface area (Å²) in [5.41, 5.74) is 3.89. The maximum atomic E-state index is 13.5. The largest absolute Gasteiger partial charge is 0.375 e. The molecule has 0 spiro atoms. The van der Waals surface area contributed by atoms with Gasteiger partial charge in [-0.1, -0.05) is 24.3 Å². The highest BCUT2D eigenvalue weighted by atomic mass is 32.2. The maximum absolute atomic E-state index is 13.5. The molecule has 0 unspecified atom stereocenters. The number of carbonyl (C=O) groups excluding carboxylic acids is 1. The number of rotatable bonds is 5. The van der Waals surface area contributed by atoms with Gasteiger partial charge in [-0.15, -0.1) is 0 Å². The van der Waals surface area contributed by atoms with Crippen LogP contribution in [0.5, 0.6) is 0 Å². The topological polar surface area (TPSA) is 98.5 Å². The van der Waals surface area contributed by atoms with Crippen LogP contribution in [0.1, 0.15) is 39.1 Å². The molecular formula is C23H27N5O4S. The second-order valence-electron chi connectivity index (χ2n) is 8.56. The molecule has 9 nitrogen and oxygen atoms in total. The van der Waals surface area contributed by atoms with Crippen LogP contribution in [0.2, 0.25) is 0 Å². The number of hydrogen-bond acceptors (Lipinski definition) is 5. The quantitative estimate of drug-likeness (QED) is 0.614. The first-order valence-electron chi connectivity index (χ1n) is 10.9. The molecule has 174 valence electrons. The predicted molar refractivity (Wildman–Crippen MR) is 121 cm³/mol. The minimum atomic E-state index is -3.77. The Labute approximate surface area is 193 Å². The molecule has 1 aliphatic heterocycles. The zero-order valence-electron chi connectivity index (χ0n) is 18.9. The second kappa shape index (κ2) is 8.12. The Kier molecular flexibility index (Phi) is 5.38. The van der Waals surface area contributed by atoms with Gasteiger partial charge < -0.3 is 14.6 Å². The highest BCUT2D eigenvalue weighted by Gasteiger charge is 2.36. The van der Waals surface area contributed by atoms with Gasteiger partial charge in [0.1, 0.15) is 16.7 Å². The van der Waals surface area contributed by atoms with Crippen molar-refractivity contribution in [3.05, 3.63) is 70.8 Å². The highest BCUT2D eigenvalue weighted by Crippen LogP contribution is 2.34. The van der Waals surface area contributed by atoms with E-state index in [1.807, 2.05) is 35.0 Å². The Balaban J connectivity index is 1.39. The van der Waals surface area contributed by atoms with Crippen molar-refractivity contribution in [2.24, 2.45) is 7.05 Å². The van der Waals surface area contributed by atoms with E-state index in [2.05, 4.69) is 10.4 Å². The third kappa shape index (κ3) is 3.58. The SMILES string of the molecule is CO[C@H]1c2ccccc2C[C@H]1NC(=O)c1cc(S(=O)(=O)N2CCn3nccc3C2)c(C)n1C. The van der Waals surface area contributed by atoms with Crippen LogP contribution in [0.15, 0.2) is 47.5 Å². The lowest BCUT2D eigenvalue weighted by molar-refractivity contribution is 0.0671. The van der Waals surface area contributed by atoms with E-state index < -0.39 is 10.0 Å². The van der Waals surface area contributed by atoms with Crippen LogP contribution in [0.4, 0.5) is 0 Å². The average molecular weight is 470 g/mol. The molecule has 3 heterocycles. The number of sulfonamides is 1. The molecule has 2 aromatic heterocycles. The summed E-state index contributed by atoms with van der Waals surface area (Å²) in [5.74, 6) is -0.321. The Bertz CT molecular complexity index is 1330. The van der Waals surface area contributed by atoms with E-state index in [1.54, 1.807) is 31.8 Å². The third-order valence-electron chi connectivity index (χ3n) is 6.78. The van der Waals surface area contributed by atoms with Crippen LogP contribution in [0, 0.1) is 6.92 Å². The van der Waals surface area contributed by atoms with Gasteiger partial charge in [0.15, 0.2) is 0 Å². The fourth-order valence-electron chi connectivity index (χ4n) is 4.87. The number of methoxy groups -OCH3 is 1. The molecule has 5 rings (SSSR count). The number of aromatic nitrogens is 3. The monoisotopic (exact) mass is 469 g/mol. The van der Waals surface area contributed by atoms with Crippen molar-refractivity contribution in [2.75, 3.05) is 13.7 Å². The molecule has 1 amide bonds. The Morgan fingerprint density at radius 3 is 2.79 bits per heavy atom. The number of nitrogens with one attached hydrogen (secondary N) is 1. The van der Waals surface area contributed by atoms with Gasteiger partial charge in [0.05, 0.1) is 24.8 Å². The van der Waals surface area contributed by atoms with Crippen molar-refractivity contribution >= 4 is 15.9 Å². The van der Waals surface area contributed by atoms with Crippen molar-refractivity contribution in [3.8, 4) is 0 Å². The Morgan fingerprint density at radius 1 is 1.21 bits per heavy atom. The molecule has 1 aromatic carbocycles. The van der Waals surface area contributed by atoms with Gasteiger partial charge in [-0.3, -0.25) is 9.48 Å². The summed E-state index contributed by atoms with van der Waals surface area (Å²) in [6.07, 6.45) is 2.10. The van der Waals surface area contributed by atoms with Gasteiger partial charge in [0.25, 0.3) is 5.91 Å². The number of hydrogen-bond donors (Lipinski definition) is 1. The van der Waals surface area contributed by atoms with Gasteiger partial charge in [0.2, 0.25) is 10.0 Å². The van der Waals surface area contributed by atoms with Crippen LogP contribution < -0.4 is 5.32 Å². The predicted octanol–water partition coefficient (Wildman–Crippen LogP) is 1.78. The van der Waals surface area contributed by atoms with E-state index in [4.69, 9.17) is 4.74 Å². The molecule has 1 N–H and O–H groups in total. The van der Waals surface area contributed by atoms with Crippen molar-refractivity contribution in [3.63, 3.8) is 0 Å². The second-order valence-corrected chi connectivity index (χ2v) is 10.5. The smallest absolute Gasteiger partial charge is 0.268 e. The summed E-state index contributed by atoms with van der Waals surface area (Å²) in [4.78, 5) is 13.4. The van der Waals surface area contributed by atoms with Crippen molar-refractivity contribution in [2.45, 2.75) is 43.5 Å². The standard InChI is InChI=1S/C23H27N5O4S/c1-15-21(33(30,31)27-10-11-28-17(14-27)8-9-24-28)13-20(26(15)2)23(29)25-19-12-16-6-4-5-7-18(16)22(19)32-3/h4-9,13,19,22H,10-12,14H2,1-3H3,(H,25,29)/t19-,22+/m1/s1. The van der Waals surface area contributed by atoms with E-state index in [-0.39, 0.29) is 29.5 Å². The lowest BCUT2D eigenvalue weighted by atomic mass is 10.1. The lowest BCUT2D eigenvalue weighted by Gasteiger charge is -2.26. The van der Waals surface area contributed by atoms with Crippen molar-refractivity contribution in [1.29, 1.82) is 0 Å². The molecule has 1 aliphatic carbocycles. The molecule has 3 aromatic rings. The zero-order valence-corrected chi connectivity index (χ0v) is 19.7. The van der Waals surface area contributed by atoms with Crippen molar-refractivity contribution < 1.29 is 17.9 Å². The molecule has 2 aliphatic rings. The minimum absolute atomic E-state index is 0.154. The molecule has 0 bridgehead atoms. The molecule has 2 atom stereocenters. The first kappa shape index (κ1) is 21.9. The van der Waals surface area contributed by atoms with Crippen LogP contribution in [-0.4, -0.2) is 52.7 Å². The number of carbonyl (C=O) groups is 1. The minimum Gasteiger partial charge on any atom is -0.375 e. The lowest BCUT2D eigenvalue weighted by Crippen LogP contribution is -2.39. The van der Waals surface area contributed by atoms with Crippen molar-refractivity contribution in [1.82, 2.24) is 24.0 Å². The summed E-state index contributed by atoms with van der Waals surface area (Å²) < 4.78 is 37.5. The first-order chi connectivity index (χ1) is 15.8. The number of amides is 1. The van der Waals surface area contributed by atoms with Gasteiger partial charge in [-0.25, -0.2) is 8.42 Å². The van der Waals surface area contributed by atoms with E-state index in [9.17, 15) is 13.2 Å². The summed E-state index contributed by atoms with van der Waals surface area (Å²) in [7, 11) is -0.421. The van der Waals surface area contributed by atoms with Crippen LogP contribution in [0.3, 0.4) is 0 Å². The molecule has 0 saturated carbocycles. The van der Waals surface area contributed by atoms with E-state index in [1.165, 1.54) is 10.4 Å². The number of ether oxygens (including phenoxy) is 1. The number of nitrogens with zero attached hydrogens (tertiary/aromatic N) is 4. The normalized spacial score (nSPS) is 20.5. The summed E-state index contributed by atoms with van der Waals surface area (Å²) in [6.45, 7) is 2.82. The summed E-state index contributed by atoms with van der Waals surface area (Å²) in [6, 6.07) is 11.1. The number of fused-ring (bicyclic) bond motifs is 2. The van der Waals surface area contributed by atoms with Gasteiger partial charge in [-0.05, 0) is 36.6 Å². The maximum Gasteiger partial charge on any atom is 0.268 e. The van der Waals surface area contributed by atoms with Crippen LogP contribution in [0.25, 0.3) is 0 Å². The molecular weight excluding hydrogens is 442 g/mol. The summed E-state index contributed by atoms with van der Waals surface area (Å²) in [5, 5.41) is 7.27. The van der Waals surface area contributed by atoms with Gasteiger partial charge in [0, 0.05) is 32.6 Å². The van der Waals surface area contributed by atoms with E-state index in [0.717, 1.165) is 16.8 Å². The molecule has 10 heteroatoms. The van der Waals surface area contributed by atoms with Gasteiger partial charge in [-0.2, -0.15) is 9.40 Å². The first-order valence-corrected chi connectivity index (χ1v) is 12.3. The average Bonchev–Trinajstić information content (AvgIpc) is 3.49. The molecule has 0 radical (unpaired) electrons. The Hall–Kier alpha value is -2.95. The third-order valence-corrected chi connectivity index (χ3v) is 8.74.